The number of hydrogen-bond donors (Lipinski definition) is 1. The molecule has 2 rings (SSSR count). The van der Waals surface area contributed by atoms with E-state index in [0.29, 0.717) is 10.7 Å². The van der Waals surface area contributed by atoms with Gasteiger partial charge in [-0.15, -0.1) is 0 Å². The summed E-state index contributed by atoms with van der Waals surface area (Å²) in [7, 11) is 0. The highest BCUT2D eigenvalue weighted by Crippen LogP contribution is 2.21. The maximum Gasteiger partial charge on any atom is 0.268 e. The zero-order valence-corrected chi connectivity index (χ0v) is 14.6. The van der Waals surface area contributed by atoms with Crippen LogP contribution in [0.15, 0.2) is 41.0 Å². The van der Waals surface area contributed by atoms with Crippen LogP contribution in [0.3, 0.4) is 0 Å². The number of halogens is 2. The monoisotopic (exact) mass is 368 g/mol. The fourth-order valence-electron chi connectivity index (χ4n) is 2.16. The van der Waals surface area contributed by atoms with Crippen molar-refractivity contribution in [2.75, 3.05) is 0 Å². The quantitative estimate of drug-likeness (QED) is 0.810. The minimum absolute atomic E-state index is 0.0796. The highest BCUT2D eigenvalue weighted by atomic mass is 79.9. The summed E-state index contributed by atoms with van der Waals surface area (Å²) >= 11 is 9.30. The molecule has 0 radical (unpaired) electrons. The molecule has 1 amide bonds. The molecule has 0 aliphatic heterocycles. The van der Waals surface area contributed by atoms with Gasteiger partial charge in [-0.1, -0.05) is 23.7 Å². The normalized spacial score (nSPS) is 12.5. The van der Waals surface area contributed by atoms with E-state index >= 15 is 0 Å². The van der Waals surface area contributed by atoms with E-state index in [1.165, 1.54) is 0 Å². The maximum atomic E-state index is 12.5. The zero-order chi connectivity index (χ0) is 15.6. The first-order valence-electron chi connectivity index (χ1n) is 6.82. The molecule has 21 heavy (non-hydrogen) atoms. The molecule has 0 aliphatic rings. The third-order valence-corrected chi connectivity index (χ3v) is 4.01. The highest BCUT2D eigenvalue weighted by molar-refractivity contribution is 9.10. The number of hydrogen-bond acceptors (Lipinski definition) is 1. The zero-order valence-electron chi connectivity index (χ0n) is 12.2. The largest absolute Gasteiger partial charge is 0.344 e. The highest BCUT2D eigenvalue weighted by Gasteiger charge is 2.17. The predicted molar refractivity (Wildman–Crippen MR) is 89.9 cm³/mol. The first kappa shape index (κ1) is 16.1. The number of amides is 1. The molecule has 3 nitrogen and oxygen atoms in total. The van der Waals surface area contributed by atoms with Crippen LogP contribution in [-0.2, 0) is 0 Å². The molecule has 0 aliphatic carbocycles. The fourth-order valence-corrected chi connectivity index (χ4v) is 2.72. The number of rotatable bonds is 4. The lowest BCUT2D eigenvalue weighted by Crippen LogP contribution is -2.28. The van der Waals surface area contributed by atoms with Crippen molar-refractivity contribution in [2.24, 2.45) is 0 Å². The van der Waals surface area contributed by atoms with Crippen LogP contribution in [0.2, 0.25) is 5.02 Å². The molecule has 1 N–H and O–H groups in total. The smallest absolute Gasteiger partial charge is 0.268 e. The Morgan fingerprint density at radius 1 is 1.24 bits per heavy atom. The van der Waals surface area contributed by atoms with Gasteiger partial charge < -0.3 is 9.88 Å². The number of aromatic nitrogens is 1. The maximum absolute atomic E-state index is 12.5. The summed E-state index contributed by atoms with van der Waals surface area (Å²) in [5, 5.41) is 3.71. The third kappa shape index (κ3) is 3.89. The van der Waals surface area contributed by atoms with E-state index in [9.17, 15) is 4.79 Å². The van der Waals surface area contributed by atoms with E-state index in [1.807, 2.05) is 61.9 Å². The molecule has 112 valence electrons. The van der Waals surface area contributed by atoms with Crippen molar-refractivity contribution in [2.45, 2.75) is 32.9 Å². The van der Waals surface area contributed by atoms with E-state index in [1.54, 1.807) is 0 Å². The molecule has 1 atom stereocenters. The first-order chi connectivity index (χ1) is 9.88. The Kier molecular flexibility index (Phi) is 5.12. The SMILES string of the molecule is CC(NC(=O)c1cc(Br)cn1C(C)C)c1ccc(Cl)cc1. The molecule has 0 fully saturated rings. The van der Waals surface area contributed by atoms with Crippen molar-refractivity contribution in [3.05, 3.63) is 57.3 Å². The summed E-state index contributed by atoms with van der Waals surface area (Å²) in [6.45, 7) is 6.05. The van der Waals surface area contributed by atoms with Crippen molar-refractivity contribution in [1.29, 1.82) is 0 Å². The lowest BCUT2D eigenvalue weighted by molar-refractivity contribution is 0.0929. The molecule has 1 aromatic carbocycles. The van der Waals surface area contributed by atoms with Crippen molar-refractivity contribution >= 4 is 33.4 Å². The average molecular weight is 370 g/mol. The summed E-state index contributed by atoms with van der Waals surface area (Å²) in [5.74, 6) is -0.0862. The molecular weight excluding hydrogens is 352 g/mol. The van der Waals surface area contributed by atoms with Crippen LogP contribution in [0.5, 0.6) is 0 Å². The van der Waals surface area contributed by atoms with Gasteiger partial charge in [0.05, 0.1) is 6.04 Å². The topological polar surface area (TPSA) is 34.0 Å². The van der Waals surface area contributed by atoms with E-state index in [4.69, 9.17) is 11.6 Å². The van der Waals surface area contributed by atoms with Crippen LogP contribution in [-0.4, -0.2) is 10.5 Å². The second-order valence-electron chi connectivity index (χ2n) is 5.29. The first-order valence-corrected chi connectivity index (χ1v) is 7.99. The Hall–Kier alpha value is -1.26. The van der Waals surface area contributed by atoms with Gasteiger partial charge in [-0.25, -0.2) is 0 Å². The van der Waals surface area contributed by atoms with Crippen molar-refractivity contribution in [3.63, 3.8) is 0 Å². The van der Waals surface area contributed by atoms with E-state index in [2.05, 4.69) is 21.2 Å². The minimum Gasteiger partial charge on any atom is -0.344 e. The molecule has 0 bridgehead atoms. The van der Waals surface area contributed by atoms with E-state index < -0.39 is 0 Å². The Balaban J connectivity index is 2.16. The lowest BCUT2D eigenvalue weighted by atomic mass is 10.1. The van der Waals surface area contributed by atoms with Gasteiger partial charge in [0.15, 0.2) is 0 Å². The molecule has 1 unspecified atom stereocenters. The van der Waals surface area contributed by atoms with Gasteiger partial charge in [0.2, 0.25) is 0 Å². The summed E-state index contributed by atoms with van der Waals surface area (Å²) in [6.07, 6.45) is 1.92. The van der Waals surface area contributed by atoms with E-state index in [-0.39, 0.29) is 18.0 Å². The summed E-state index contributed by atoms with van der Waals surface area (Å²) in [6, 6.07) is 9.48. The van der Waals surface area contributed by atoms with Crippen LogP contribution in [0.1, 0.15) is 48.9 Å². The lowest BCUT2D eigenvalue weighted by Gasteiger charge is -2.17. The van der Waals surface area contributed by atoms with Gasteiger partial charge in [-0.3, -0.25) is 4.79 Å². The molecule has 0 spiro atoms. The standard InChI is InChI=1S/C16H18BrClN2O/c1-10(2)20-9-13(17)8-15(20)16(21)19-11(3)12-4-6-14(18)7-5-12/h4-11H,1-3H3,(H,19,21). The third-order valence-electron chi connectivity index (χ3n) is 3.32. The summed E-state index contributed by atoms with van der Waals surface area (Å²) in [5.41, 5.74) is 1.67. The Morgan fingerprint density at radius 3 is 2.43 bits per heavy atom. The van der Waals surface area contributed by atoms with Crippen LogP contribution in [0.4, 0.5) is 0 Å². The number of carbonyl (C=O) groups excluding carboxylic acids is 1. The van der Waals surface area contributed by atoms with Crippen LogP contribution in [0, 0.1) is 0 Å². The van der Waals surface area contributed by atoms with Crippen molar-refractivity contribution in [3.8, 4) is 0 Å². The van der Waals surface area contributed by atoms with Crippen molar-refractivity contribution in [1.82, 2.24) is 9.88 Å². The number of benzene rings is 1. The van der Waals surface area contributed by atoms with E-state index in [0.717, 1.165) is 10.0 Å². The van der Waals surface area contributed by atoms with Crippen LogP contribution < -0.4 is 5.32 Å². The van der Waals surface area contributed by atoms with Gasteiger partial charge in [0.25, 0.3) is 5.91 Å². The van der Waals surface area contributed by atoms with Crippen LogP contribution in [0.25, 0.3) is 0 Å². The molecule has 1 heterocycles. The second-order valence-corrected chi connectivity index (χ2v) is 6.64. The molecule has 0 saturated carbocycles. The second kappa shape index (κ2) is 6.67. The molecule has 5 heteroatoms. The van der Waals surface area contributed by atoms with Gasteiger partial charge in [0.1, 0.15) is 5.69 Å². The Morgan fingerprint density at radius 2 is 1.86 bits per heavy atom. The number of nitrogens with zero attached hydrogens (tertiary/aromatic N) is 1. The summed E-state index contributed by atoms with van der Waals surface area (Å²) in [4.78, 5) is 12.5. The van der Waals surface area contributed by atoms with Gasteiger partial charge in [0, 0.05) is 21.7 Å². The van der Waals surface area contributed by atoms with Crippen molar-refractivity contribution < 1.29 is 4.79 Å². The Labute approximate surface area is 138 Å². The van der Waals surface area contributed by atoms with Gasteiger partial charge in [-0.2, -0.15) is 0 Å². The predicted octanol–water partition coefficient (Wildman–Crippen LogP) is 4.98. The summed E-state index contributed by atoms with van der Waals surface area (Å²) < 4.78 is 2.86. The fraction of sp³-hybridized carbons (Fsp3) is 0.312. The van der Waals surface area contributed by atoms with Crippen LogP contribution >= 0.6 is 27.5 Å². The minimum atomic E-state index is -0.0862. The number of carbonyl (C=O) groups is 1. The number of nitrogens with one attached hydrogen (secondary N) is 1. The molecule has 0 saturated heterocycles. The molecular formula is C16H18BrClN2O. The average Bonchev–Trinajstić information content (AvgIpc) is 2.82. The molecule has 1 aromatic heterocycles. The molecule has 2 aromatic rings. The van der Waals surface area contributed by atoms with Gasteiger partial charge >= 0.3 is 0 Å². The van der Waals surface area contributed by atoms with Gasteiger partial charge in [-0.05, 0) is 60.5 Å². The Bertz CT molecular complexity index is 634.